The fourth-order valence-electron chi connectivity index (χ4n) is 3.27. The number of aromatic nitrogens is 3. The molecule has 1 aromatic heterocycles. The normalized spacial score (nSPS) is 13.5. The third-order valence-corrected chi connectivity index (χ3v) is 5.06. The van der Waals surface area contributed by atoms with Gasteiger partial charge in [0, 0.05) is 36.5 Å². The molecule has 0 unspecified atom stereocenters. The molecule has 3 aromatic rings. The number of nitro groups is 1. The minimum atomic E-state index is -0.484. The maximum absolute atomic E-state index is 11.1. The van der Waals surface area contributed by atoms with Crippen LogP contribution in [0.2, 0.25) is 0 Å². The first-order valence-corrected chi connectivity index (χ1v) is 10.7. The molecule has 1 fully saturated rings. The highest BCUT2D eigenvalue weighted by Gasteiger charge is 2.17. The lowest BCUT2D eigenvalue weighted by Crippen LogP contribution is -2.37. The minimum absolute atomic E-state index is 0.0759. The Morgan fingerprint density at radius 2 is 1.80 bits per heavy atom. The molecule has 0 radical (unpaired) electrons. The summed E-state index contributed by atoms with van der Waals surface area (Å²) < 4.78 is 15.9. The highest BCUT2D eigenvalue weighted by molar-refractivity contribution is 5.85. The zero-order valence-corrected chi connectivity index (χ0v) is 19.2. The SMILES string of the molecule is COc1ccc(Nc2nc(N/N=C\c3cc([N+](=O)[O-])ccc3OC)nc(N3CCOCC3)n2)cc1. The molecule has 2 aromatic carbocycles. The molecule has 35 heavy (non-hydrogen) atoms. The van der Waals surface area contributed by atoms with Crippen molar-refractivity contribution in [1.29, 1.82) is 0 Å². The average Bonchev–Trinajstić information content (AvgIpc) is 2.89. The number of hydrazone groups is 1. The first-order valence-electron chi connectivity index (χ1n) is 10.7. The van der Waals surface area contributed by atoms with Crippen LogP contribution in [0.15, 0.2) is 47.6 Å². The summed E-state index contributed by atoms with van der Waals surface area (Å²) in [6.45, 7) is 2.42. The van der Waals surface area contributed by atoms with Crippen LogP contribution in [0.5, 0.6) is 11.5 Å². The number of nitrogens with zero attached hydrogens (tertiary/aromatic N) is 6. The molecule has 0 atom stereocenters. The summed E-state index contributed by atoms with van der Waals surface area (Å²) in [5, 5.41) is 18.4. The lowest BCUT2D eigenvalue weighted by atomic mass is 10.2. The highest BCUT2D eigenvalue weighted by atomic mass is 16.6. The molecule has 2 N–H and O–H groups in total. The van der Waals surface area contributed by atoms with E-state index in [1.54, 1.807) is 7.11 Å². The number of benzene rings is 2. The topological polar surface area (TPSA) is 149 Å². The van der Waals surface area contributed by atoms with Gasteiger partial charge in [-0.25, -0.2) is 5.43 Å². The number of hydrogen-bond acceptors (Lipinski definition) is 12. The Morgan fingerprint density at radius 1 is 1.06 bits per heavy atom. The first kappa shape index (κ1) is 23.6. The standard InChI is InChI=1S/C22H24N8O5/c1-33-18-6-3-16(4-7-18)24-20-25-21(27-22(26-20)29-9-11-35-12-10-29)28-23-14-15-13-17(30(31)32)5-8-19(15)34-2/h3-8,13-14H,9-12H2,1-2H3,(H2,24,25,26,27,28)/b23-14-. The fraction of sp³-hybridized carbons (Fsp3) is 0.273. The maximum Gasteiger partial charge on any atom is 0.270 e. The molecule has 4 rings (SSSR count). The van der Waals surface area contributed by atoms with Crippen LogP contribution in [0.25, 0.3) is 0 Å². The van der Waals surface area contributed by atoms with E-state index in [0.717, 1.165) is 11.4 Å². The van der Waals surface area contributed by atoms with Crippen LogP contribution in [0.3, 0.4) is 0 Å². The highest BCUT2D eigenvalue weighted by Crippen LogP contribution is 2.23. The summed E-state index contributed by atoms with van der Waals surface area (Å²) in [5.74, 6) is 2.14. The van der Waals surface area contributed by atoms with Gasteiger partial charge >= 0.3 is 0 Å². The fourth-order valence-corrected chi connectivity index (χ4v) is 3.27. The second-order valence-electron chi connectivity index (χ2n) is 7.29. The minimum Gasteiger partial charge on any atom is -0.497 e. The number of morpholine rings is 1. The predicted octanol–water partition coefficient (Wildman–Crippen LogP) is 2.82. The van der Waals surface area contributed by atoms with Crippen molar-refractivity contribution < 1.29 is 19.1 Å². The van der Waals surface area contributed by atoms with E-state index in [-0.39, 0.29) is 11.6 Å². The zero-order chi connectivity index (χ0) is 24.6. The van der Waals surface area contributed by atoms with Gasteiger partial charge in [0.2, 0.25) is 17.8 Å². The van der Waals surface area contributed by atoms with E-state index < -0.39 is 4.92 Å². The zero-order valence-electron chi connectivity index (χ0n) is 19.2. The van der Waals surface area contributed by atoms with E-state index in [2.05, 4.69) is 30.8 Å². The van der Waals surface area contributed by atoms with Gasteiger partial charge in [0.25, 0.3) is 5.69 Å². The third-order valence-electron chi connectivity index (χ3n) is 5.06. The van der Waals surface area contributed by atoms with E-state index in [9.17, 15) is 10.1 Å². The van der Waals surface area contributed by atoms with Crippen LogP contribution in [-0.4, -0.2) is 66.6 Å². The van der Waals surface area contributed by atoms with Crippen molar-refractivity contribution in [3.63, 3.8) is 0 Å². The van der Waals surface area contributed by atoms with Gasteiger partial charge in [0.1, 0.15) is 11.5 Å². The summed E-state index contributed by atoms with van der Waals surface area (Å²) >= 11 is 0. The van der Waals surface area contributed by atoms with Gasteiger partial charge in [0.15, 0.2) is 0 Å². The van der Waals surface area contributed by atoms with Crippen molar-refractivity contribution in [1.82, 2.24) is 15.0 Å². The molecular formula is C22H24N8O5. The van der Waals surface area contributed by atoms with Crippen molar-refractivity contribution >= 4 is 35.4 Å². The Labute approximate surface area is 200 Å². The lowest BCUT2D eigenvalue weighted by Gasteiger charge is -2.27. The Morgan fingerprint density at radius 3 is 2.49 bits per heavy atom. The Bertz CT molecular complexity index is 1200. The average molecular weight is 480 g/mol. The summed E-state index contributed by atoms with van der Waals surface area (Å²) in [7, 11) is 3.08. The van der Waals surface area contributed by atoms with Crippen molar-refractivity contribution in [2.24, 2.45) is 5.10 Å². The van der Waals surface area contributed by atoms with Crippen LogP contribution in [0.1, 0.15) is 5.56 Å². The summed E-state index contributed by atoms with van der Waals surface area (Å²) in [6, 6.07) is 11.6. The van der Waals surface area contributed by atoms with Gasteiger partial charge in [0.05, 0.1) is 38.6 Å². The van der Waals surface area contributed by atoms with Crippen LogP contribution in [-0.2, 0) is 4.74 Å². The smallest absolute Gasteiger partial charge is 0.270 e. The van der Waals surface area contributed by atoms with E-state index >= 15 is 0 Å². The number of methoxy groups -OCH3 is 2. The molecule has 13 nitrogen and oxygen atoms in total. The Hall–Kier alpha value is -4.52. The quantitative estimate of drug-likeness (QED) is 0.264. The van der Waals surface area contributed by atoms with E-state index in [1.165, 1.54) is 31.5 Å². The number of hydrogen-bond donors (Lipinski definition) is 2. The first-order chi connectivity index (χ1) is 17.1. The number of ether oxygens (including phenoxy) is 3. The Kier molecular flexibility index (Phi) is 7.47. The van der Waals surface area contributed by atoms with Gasteiger partial charge in [-0.05, 0) is 30.3 Å². The maximum atomic E-state index is 11.1. The molecule has 0 bridgehead atoms. The molecule has 13 heteroatoms. The summed E-state index contributed by atoms with van der Waals surface area (Å²) in [6.07, 6.45) is 1.40. The molecule has 1 aliphatic heterocycles. The number of nitrogens with one attached hydrogen (secondary N) is 2. The van der Waals surface area contributed by atoms with Crippen molar-refractivity contribution in [3.8, 4) is 11.5 Å². The van der Waals surface area contributed by atoms with E-state index in [4.69, 9.17) is 14.2 Å². The molecule has 0 spiro atoms. The molecule has 0 aliphatic carbocycles. The molecular weight excluding hydrogens is 456 g/mol. The molecule has 182 valence electrons. The predicted molar refractivity (Wildman–Crippen MR) is 130 cm³/mol. The molecule has 0 amide bonds. The van der Waals surface area contributed by atoms with Crippen LogP contribution >= 0.6 is 0 Å². The third kappa shape index (κ3) is 6.09. The van der Waals surface area contributed by atoms with Crippen molar-refractivity contribution in [2.45, 2.75) is 0 Å². The van der Waals surface area contributed by atoms with E-state index in [0.29, 0.717) is 49.5 Å². The number of rotatable bonds is 9. The van der Waals surface area contributed by atoms with Crippen LogP contribution in [0.4, 0.5) is 29.2 Å². The second-order valence-corrected chi connectivity index (χ2v) is 7.29. The monoisotopic (exact) mass is 480 g/mol. The van der Waals surface area contributed by atoms with Gasteiger partial charge in [-0.3, -0.25) is 10.1 Å². The number of nitro benzene ring substituents is 1. The Balaban J connectivity index is 1.58. The van der Waals surface area contributed by atoms with Crippen molar-refractivity contribution in [3.05, 3.63) is 58.1 Å². The molecule has 0 saturated carbocycles. The summed E-state index contributed by atoms with van der Waals surface area (Å²) in [5.41, 5.74) is 3.89. The van der Waals surface area contributed by atoms with Gasteiger partial charge < -0.3 is 24.4 Å². The molecule has 2 heterocycles. The van der Waals surface area contributed by atoms with Crippen LogP contribution in [0, 0.1) is 10.1 Å². The van der Waals surface area contributed by atoms with E-state index in [1.807, 2.05) is 29.2 Å². The molecule has 1 aliphatic rings. The largest absolute Gasteiger partial charge is 0.497 e. The van der Waals surface area contributed by atoms with Gasteiger partial charge in [-0.2, -0.15) is 20.1 Å². The van der Waals surface area contributed by atoms with Gasteiger partial charge in [-0.1, -0.05) is 0 Å². The number of non-ortho nitro benzene ring substituents is 1. The lowest BCUT2D eigenvalue weighted by molar-refractivity contribution is -0.384. The molecule has 1 saturated heterocycles. The van der Waals surface area contributed by atoms with Crippen molar-refractivity contribution in [2.75, 3.05) is 56.2 Å². The number of anilines is 4. The summed E-state index contributed by atoms with van der Waals surface area (Å²) in [4.78, 5) is 26.0. The second kappa shape index (κ2) is 11.1. The van der Waals surface area contributed by atoms with Crippen LogP contribution < -0.4 is 25.1 Å². The van der Waals surface area contributed by atoms with Gasteiger partial charge in [-0.15, -0.1) is 0 Å².